The fourth-order valence-electron chi connectivity index (χ4n) is 1.41. The molecule has 17 heavy (non-hydrogen) atoms. The molecule has 4 heteroatoms. The van der Waals surface area contributed by atoms with Gasteiger partial charge in [0.15, 0.2) is 0 Å². The number of carbonyl (C=O) groups is 1. The third-order valence-corrected chi connectivity index (χ3v) is 3.01. The number of nitrogens with zero attached hydrogens (tertiary/aromatic N) is 1. The second kappa shape index (κ2) is 6.77. The predicted octanol–water partition coefficient (Wildman–Crippen LogP) is 4.03. The SMILES string of the molecule is C=CCN(CC=C)C(=O)c1cc(Br)cc(Br)c1. The van der Waals surface area contributed by atoms with Crippen LogP contribution < -0.4 is 0 Å². The molecule has 0 heterocycles. The van der Waals surface area contributed by atoms with Gasteiger partial charge in [-0.05, 0) is 18.2 Å². The van der Waals surface area contributed by atoms with Crippen molar-refractivity contribution in [2.45, 2.75) is 0 Å². The first-order valence-electron chi connectivity index (χ1n) is 5.05. The summed E-state index contributed by atoms with van der Waals surface area (Å²) in [6, 6.07) is 5.49. The highest BCUT2D eigenvalue weighted by atomic mass is 79.9. The lowest BCUT2D eigenvalue weighted by Crippen LogP contribution is -2.31. The second-order valence-corrected chi connectivity index (χ2v) is 5.28. The molecule has 0 atom stereocenters. The Hall–Kier alpha value is -0.870. The van der Waals surface area contributed by atoms with E-state index in [1.54, 1.807) is 29.2 Å². The Kier molecular flexibility index (Phi) is 5.65. The Morgan fingerprint density at radius 3 is 2.00 bits per heavy atom. The topological polar surface area (TPSA) is 20.3 Å². The maximum Gasteiger partial charge on any atom is 0.254 e. The minimum absolute atomic E-state index is 0.0354. The summed E-state index contributed by atoms with van der Waals surface area (Å²) >= 11 is 6.73. The van der Waals surface area contributed by atoms with E-state index in [2.05, 4.69) is 45.0 Å². The fraction of sp³-hybridized carbons (Fsp3) is 0.154. The molecule has 0 N–H and O–H groups in total. The van der Waals surface area contributed by atoms with E-state index in [-0.39, 0.29) is 5.91 Å². The molecule has 0 saturated carbocycles. The van der Waals surface area contributed by atoms with Crippen molar-refractivity contribution in [2.24, 2.45) is 0 Å². The Labute approximate surface area is 118 Å². The Bertz CT molecular complexity index is 413. The lowest BCUT2D eigenvalue weighted by molar-refractivity contribution is 0.0790. The standard InChI is InChI=1S/C13H13Br2NO/c1-3-5-16(6-4-2)13(17)10-7-11(14)9-12(15)8-10/h3-4,7-9H,1-2,5-6H2. The zero-order valence-electron chi connectivity index (χ0n) is 9.33. The fourth-order valence-corrected chi connectivity index (χ4v) is 2.71. The predicted molar refractivity (Wildman–Crippen MR) is 78.1 cm³/mol. The number of hydrogen-bond donors (Lipinski definition) is 0. The van der Waals surface area contributed by atoms with Gasteiger partial charge in [-0.25, -0.2) is 0 Å². The van der Waals surface area contributed by atoms with E-state index in [0.717, 1.165) is 8.95 Å². The van der Waals surface area contributed by atoms with Crippen LogP contribution in [0.4, 0.5) is 0 Å². The number of benzene rings is 1. The molecule has 0 aromatic heterocycles. The van der Waals surface area contributed by atoms with Gasteiger partial charge in [0.25, 0.3) is 5.91 Å². The maximum absolute atomic E-state index is 12.2. The maximum atomic E-state index is 12.2. The first-order chi connectivity index (χ1) is 8.08. The molecule has 1 rings (SSSR count). The molecule has 1 aromatic carbocycles. The summed E-state index contributed by atoms with van der Waals surface area (Å²) in [6.07, 6.45) is 3.41. The zero-order chi connectivity index (χ0) is 12.8. The molecule has 0 unspecified atom stereocenters. The summed E-state index contributed by atoms with van der Waals surface area (Å²) in [7, 11) is 0. The molecule has 1 aromatic rings. The summed E-state index contributed by atoms with van der Waals surface area (Å²) in [6.45, 7) is 8.31. The van der Waals surface area contributed by atoms with Gasteiger partial charge in [-0.15, -0.1) is 13.2 Å². The van der Waals surface area contributed by atoms with Gasteiger partial charge in [0.1, 0.15) is 0 Å². The van der Waals surface area contributed by atoms with Gasteiger partial charge >= 0.3 is 0 Å². The molecular formula is C13H13Br2NO. The molecule has 2 nitrogen and oxygen atoms in total. The van der Waals surface area contributed by atoms with Crippen LogP contribution in [0.1, 0.15) is 10.4 Å². The van der Waals surface area contributed by atoms with Crippen molar-refractivity contribution in [3.8, 4) is 0 Å². The first kappa shape index (κ1) is 14.2. The number of halogens is 2. The highest BCUT2D eigenvalue weighted by molar-refractivity contribution is 9.11. The number of hydrogen-bond acceptors (Lipinski definition) is 1. The van der Waals surface area contributed by atoms with Crippen LogP contribution in [0, 0.1) is 0 Å². The summed E-state index contributed by atoms with van der Waals surface area (Å²) in [4.78, 5) is 13.9. The molecule has 0 aliphatic heterocycles. The number of amides is 1. The van der Waals surface area contributed by atoms with E-state index in [9.17, 15) is 4.79 Å². The number of carbonyl (C=O) groups excluding carboxylic acids is 1. The molecule has 0 aliphatic rings. The van der Waals surface area contributed by atoms with Crippen LogP contribution in [0.15, 0.2) is 52.5 Å². The summed E-state index contributed by atoms with van der Waals surface area (Å²) in [5, 5.41) is 0. The van der Waals surface area contributed by atoms with Gasteiger partial charge in [-0.1, -0.05) is 44.0 Å². The van der Waals surface area contributed by atoms with E-state index in [1.807, 2.05) is 6.07 Å². The van der Waals surface area contributed by atoms with Crippen LogP contribution in [-0.2, 0) is 0 Å². The van der Waals surface area contributed by atoms with Crippen LogP contribution >= 0.6 is 31.9 Å². The van der Waals surface area contributed by atoms with Gasteiger partial charge in [0.2, 0.25) is 0 Å². The molecule has 1 amide bonds. The normalized spacial score (nSPS) is 9.76. The van der Waals surface area contributed by atoms with Crippen molar-refractivity contribution in [3.63, 3.8) is 0 Å². The monoisotopic (exact) mass is 357 g/mol. The van der Waals surface area contributed by atoms with Crippen molar-refractivity contribution < 1.29 is 4.79 Å². The highest BCUT2D eigenvalue weighted by Gasteiger charge is 2.14. The van der Waals surface area contributed by atoms with Crippen molar-refractivity contribution in [3.05, 3.63) is 58.0 Å². The molecular weight excluding hydrogens is 346 g/mol. The molecule has 0 aliphatic carbocycles. The number of rotatable bonds is 5. The second-order valence-electron chi connectivity index (χ2n) is 3.45. The smallest absolute Gasteiger partial charge is 0.254 e. The Morgan fingerprint density at radius 2 is 1.59 bits per heavy atom. The molecule has 0 spiro atoms. The third kappa shape index (κ3) is 4.13. The molecule has 0 fully saturated rings. The van der Waals surface area contributed by atoms with E-state index in [4.69, 9.17) is 0 Å². The molecule has 0 bridgehead atoms. The third-order valence-electron chi connectivity index (χ3n) is 2.10. The average Bonchev–Trinajstić information content (AvgIpc) is 2.26. The molecule has 90 valence electrons. The highest BCUT2D eigenvalue weighted by Crippen LogP contribution is 2.21. The lowest BCUT2D eigenvalue weighted by atomic mass is 10.2. The van der Waals surface area contributed by atoms with Crippen LogP contribution in [0.25, 0.3) is 0 Å². The van der Waals surface area contributed by atoms with Gasteiger partial charge in [-0.3, -0.25) is 4.79 Å². The van der Waals surface area contributed by atoms with Crippen LogP contribution in [0.5, 0.6) is 0 Å². The van der Waals surface area contributed by atoms with Gasteiger partial charge in [0.05, 0.1) is 0 Å². The van der Waals surface area contributed by atoms with Crippen LogP contribution in [0.3, 0.4) is 0 Å². The van der Waals surface area contributed by atoms with E-state index in [0.29, 0.717) is 18.7 Å². The Balaban J connectivity index is 2.99. The minimum atomic E-state index is -0.0354. The molecule has 0 saturated heterocycles. The minimum Gasteiger partial charge on any atom is -0.331 e. The summed E-state index contributed by atoms with van der Waals surface area (Å²) < 4.78 is 1.74. The largest absolute Gasteiger partial charge is 0.331 e. The van der Waals surface area contributed by atoms with Crippen molar-refractivity contribution in [1.29, 1.82) is 0 Å². The summed E-state index contributed by atoms with van der Waals surface area (Å²) in [5.74, 6) is -0.0354. The van der Waals surface area contributed by atoms with Crippen molar-refractivity contribution in [2.75, 3.05) is 13.1 Å². The van der Waals surface area contributed by atoms with Crippen molar-refractivity contribution in [1.82, 2.24) is 4.90 Å². The lowest BCUT2D eigenvalue weighted by Gasteiger charge is -2.19. The van der Waals surface area contributed by atoms with E-state index in [1.165, 1.54) is 0 Å². The van der Waals surface area contributed by atoms with Gasteiger partial charge in [0, 0.05) is 27.6 Å². The quantitative estimate of drug-likeness (QED) is 0.728. The zero-order valence-corrected chi connectivity index (χ0v) is 12.5. The van der Waals surface area contributed by atoms with E-state index >= 15 is 0 Å². The first-order valence-corrected chi connectivity index (χ1v) is 6.64. The van der Waals surface area contributed by atoms with Gasteiger partial charge in [-0.2, -0.15) is 0 Å². The van der Waals surface area contributed by atoms with Crippen molar-refractivity contribution >= 4 is 37.8 Å². The molecule has 0 radical (unpaired) electrons. The van der Waals surface area contributed by atoms with Crippen LogP contribution in [-0.4, -0.2) is 23.9 Å². The average molecular weight is 359 g/mol. The van der Waals surface area contributed by atoms with Gasteiger partial charge < -0.3 is 4.90 Å². The van der Waals surface area contributed by atoms with E-state index < -0.39 is 0 Å². The Morgan fingerprint density at radius 1 is 1.12 bits per heavy atom. The van der Waals surface area contributed by atoms with Crippen LogP contribution in [0.2, 0.25) is 0 Å². The summed E-state index contributed by atoms with van der Waals surface area (Å²) in [5.41, 5.74) is 0.634.